The van der Waals surface area contributed by atoms with E-state index >= 15 is 0 Å². The zero-order chi connectivity index (χ0) is 26.1. The predicted molar refractivity (Wildman–Crippen MR) is 138 cm³/mol. The van der Waals surface area contributed by atoms with Gasteiger partial charge in [-0.05, 0) is 46.7 Å². The maximum Gasteiger partial charge on any atom is 0.262 e. The number of nitrogens with zero attached hydrogens (tertiary/aromatic N) is 6. The second-order valence-corrected chi connectivity index (χ2v) is 8.26. The lowest BCUT2D eigenvalue weighted by Crippen LogP contribution is -2.19. The zero-order valence-electron chi connectivity index (χ0n) is 20.0. The zero-order valence-corrected chi connectivity index (χ0v) is 20.0. The van der Waals surface area contributed by atoms with E-state index < -0.39 is 0 Å². The van der Waals surface area contributed by atoms with E-state index in [1.165, 1.54) is 0 Å². The monoisotopic (exact) mass is 508 g/mol. The standard InChI is InChI=1S/C26H20N8O4/c1-36-20-12-5-2-9-17(20)26-30-24(33-37-26)15-7-6-8-16(13-15)28-21(35)14-34-19-11-4-3-10-18(19)29-25(34)22-23(27)32-38-31-22/h2-13H,14H2,1H3,(H2,27,32)(H,28,35). The Labute approximate surface area is 215 Å². The highest BCUT2D eigenvalue weighted by molar-refractivity contribution is 5.93. The van der Waals surface area contributed by atoms with Crippen molar-refractivity contribution in [2.24, 2.45) is 0 Å². The van der Waals surface area contributed by atoms with Crippen LogP contribution in [0, 0.1) is 0 Å². The molecular weight excluding hydrogens is 488 g/mol. The average molecular weight is 508 g/mol. The lowest BCUT2D eigenvalue weighted by molar-refractivity contribution is -0.116. The Morgan fingerprint density at radius 3 is 2.68 bits per heavy atom. The molecule has 0 saturated heterocycles. The van der Waals surface area contributed by atoms with Crippen molar-refractivity contribution < 1.29 is 18.7 Å². The van der Waals surface area contributed by atoms with Gasteiger partial charge in [0.2, 0.25) is 11.7 Å². The van der Waals surface area contributed by atoms with Crippen molar-refractivity contribution in [3.8, 4) is 40.1 Å². The number of carbonyl (C=O) groups is 1. The van der Waals surface area contributed by atoms with Crippen LogP contribution in [0.15, 0.2) is 81.9 Å². The van der Waals surface area contributed by atoms with Crippen molar-refractivity contribution >= 4 is 28.4 Å². The molecule has 0 radical (unpaired) electrons. The molecule has 0 aliphatic carbocycles. The molecule has 3 heterocycles. The van der Waals surface area contributed by atoms with Crippen LogP contribution in [0.25, 0.3) is 45.4 Å². The Balaban J connectivity index is 1.25. The largest absolute Gasteiger partial charge is 0.496 e. The number of amides is 1. The van der Waals surface area contributed by atoms with Crippen LogP contribution in [0.3, 0.4) is 0 Å². The number of ether oxygens (including phenoxy) is 1. The van der Waals surface area contributed by atoms with Crippen molar-refractivity contribution in [2.45, 2.75) is 6.54 Å². The minimum Gasteiger partial charge on any atom is -0.496 e. The number of carbonyl (C=O) groups excluding carboxylic acids is 1. The fourth-order valence-corrected chi connectivity index (χ4v) is 4.12. The van der Waals surface area contributed by atoms with E-state index in [1.54, 1.807) is 29.9 Å². The first-order chi connectivity index (χ1) is 18.6. The highest BCUT2D eigenvalue weighted by atomic mass is 16.6. The summed E-state index contributed by atoms with van der Waals surface area (Å²) in [4.78, 5) is 22.2. The lowest BCUT2D eigenvalue weighted by Gasteiger charge is -2.09. The summed E-state index contributed by atoms with van der Waals surface area (Å²) in [6.45, 7) is -0.0491. The van der Waals surface area contributed by atoms with Crippen molar-refractivity contribution in [1.29, 1.82) is 0 Å². The van der Waals surface area contributed by atoms with Gasteiger partial charge in [-0.1, -0.05) is 41.6 Å². The van der Waals surface area contributed by atoms with Crippen molar-refractivity contribution in [2.75, 3.05) is 18.2 Å². The highest BCUT2D eigenvalue weighted by Gasteiger charge is 2.21. The van der Waals surface area contributed by atoms with Crippen molar-refractivity contribution in [3.63, 3.8) is 0 Å². The molecule has 12 nitrogen and oxygen atoms in total. The number of benzene rings is 3. The van der Waals surface area contributed by atoms with Gasteiger partial charge in [0, 0.05) is 11.3 Å². The number of nitrogen functional groups attached to an aromatic ring is 1. The van der Waals surface area contributed by atoms with E-state index in [-0.39, 0.29) is 24.0 Å². The van der Waals surface area contributed by atoms with Crippen LogP contribution >= 0.6 is 0 Å². The summed E-state index contributed by atoms with van der Waals surface area (Å²) in [5.41, 5.74) is 9.50. The Hall–Kier alpha value is -5.52. The number of rotatable bonds is 7. The number of imidazole rings is 1. The molecule has 3 aromatic heterocycles. The predicted octanol–water partition coefficient (Wildman–Crippen LogP) is 4.03. The second-order valence-electron chi connectivity index (χ2n) is 8.26. The van der Waals surface area contributed by atoms with Crippen LogP contribution < -0.4 is 15.8 Å². The van der Waals surface area contributed by atoms with Crippen LogP contribution in [-0.2, 0) is 11.3 Å². The van der Waals surface area contributed by atoms with Crippen molar-refractivity contribution in [1.82, 2.24) is 30.0 Å². The molecule has 0 unspecified atom stereocenters. The van der Waals surface area contributed by atoms with E-state index in [0.717, 1.165) is 5.52 Å². The lowest BCUT2D eigenvalue weighted by atomic mass is 10.2. The summed E-state index contributed by atoms with van der Waals surface area (Å²) in [5.74, 6) is 1.50. The molecule has 0 spiro atoms. The highest BCUT2D eigenvalue weighted by Crippen LogP contribution is 2.31. The number of methoxy groups -OCH3 is 1. The first kappa shape index (κ1) is 22.9. The number of nitrogens with two attached hydrogens (primary N) is 1. The number of anilines is 2. The minimum atomic E-state index is -0.288. The Kier molecular flexibility index (Phi) is 5.73. The normalized spacial score (nSPS) is 11.1. The van der Waals surface area contributed by atoms with Crippen LogP contribution in [0.5, 0.6) is 5.75 Å². The molecule has 6 rings (SSSR count). The molecule has 3 N–H and O–H groups in total. The van der Waals surface area contributed by atoms with Gasteiger partial charge in [-0.15, -0.1) is 0 Å². The van der Waals surface area contributed by atoms with Crippen molar-refractivity contribution in [3.05, 3.63) is 72.8 Å². The Bertz CT molecular complexity index is 1770. The van der Waals surface area contributed by atoms with Crippen LogP contribution in [0.4, 0.5) is 11.5 Å². The number of nitrogens with one attached hydrogen (secondary N) is 1. The Morgan fingerprint density at radius 2 is 1.84 bits per heavy atom. The topological polar surface area (TPSA) is 160 Å². The molecule has 0 fully saturated rings. The van der Waals surface area contributed by atoms with Gasteiger partial charge in [-0.25, -0.2) is 9.61 Å². The molecule has 1 amide bonds. The number of para-hydroxylation sites is 3. The van der Waals surface area contributed by atoms with Crippen LogP contribution in [-0.4, -0.2) is 43.0 Å². The molecule has 0 atom stereocenters. The fourth-order valence-electron chi connectivity index (χ4n) is 4.12. The van der Waals surface area contributed by atoms with E-state index in [1.807, 2.05) is 54.6 Å². The quantitative estimate of drug-likeness (QED) is 0.322. The van der Waals surface area contributed by atoms with Crippen LogP contribution in [0.2, 0.25) is 0 Å². The van der Waals surface area contributed by atoms with Gasteiger partial charge in [0.05, 0.1) is 23.7 Å². The number of hydrogen-bond acceptors (Lipinski definition) is 10. The van der Waals surface area contributed by atoms with Gasteiger partial charge >= 0.3 is 0 Å². The maximum atomic E-state index is 13.1. The number of hydrogen-bond donors (Lipinski definition) is 2. The van der Waals surface area contributed by atoms with E-state index in [0.29, 0.717) is 45.6 Å². The summed E-state index contributed by atoms with van der Waals surface area (Å²) in [7, 11) is 1.58. The summed E-state index contributed by atoms with van der Waals surface area (Å²) in [6, 6.07) is 22.0. The first-order valence-corrected chi connectivity index (χ1v) is 11.5. The summed E-state index contributed by atoms with van der Waals surface area (Å²) >= 11 is 0. The summed E-state index contributed by atoms with van der Waals surface area (Å²) in [5, 5.41) is 14.5. The molecule has 6 aromatic rings. The van der Waals surface area contributed by atoms with E-state index in [4.69, 9.17) is 19.6 Å². The minimum absolute atomic E-state index is 0.0491. The molecule has 0 bridgehead atoms. The third-order valence-corrected chi connectivity index (χ3v) is 5.85. The summed E-state index contributed by atoms with van der Waals surface area (Å²) < 4.78 is 17.3. The second kappa shape index (κ2) is 9.50. The molecule has 0 aliphatic heterocycles. The van der Waals surface area contributed by atoms with Gasteiger partial charge < -0.3 is 24.9 Å². The van der Waals surface area contributed by atoms with Gasteiger partial charge in [0.25, 0.3) is 5.89 Å². The molecule has 0 aliphatic rings. The maximum absolute atomic E-state index is 13.1. The third kappa shape index (κ3) is 4.19. The first-order valence-electron chi connectivity index (χ1n) is 11.5. The molecule has 0 saturated carbocycles. The van der Waals surface area contributed by atoms with Gasteiger partial charge in [0.1, 0.15) is 12.3 Å². The average Bonchev–Trinajstić information content (AvgIpc) is 3.68. The van der Waals surface area contributed by atoms with Gasteiger partial charge in [0.15, 0.2) is 17.3 Å². The SMILES string of the molecule is COc1ccccc1-c1nc(-c2cccc(NC(=O)Cn3c(-c4nonc4N)nc4ccccc43)c2)no1. The Morgan fingerprint density at radius 1 is 1.00 bits per heavy atom. The fraction of sp³-hybridized carbons (Fsp3) is 0.0769. The summed E-state index contributed by atoms with van der Waals surface area (Å²) in [6.07, 6.45) is 0. The molecule has 12 heteroatoms. The molecule has 188 valence electrons. The number of aromatic nitrogens is 6. The third-order valence-electron chi connectivity index (χ3n) is 5.85. The van der Waals surface area contributed by atoms with Gasteiger partial charge in [-0.3, -0.25) is 4.79 Å². The number of fused-ring (bicyclic) bond motifs is 1. The van der Waals surface area contributed by atoms with E-state index in [9.17, 15) is 4.79 Å². The molecular formula is C26H20N8O4. The molecule has 38 heavy (non-hydrogen) atoms. The smallest absolute Gasteiger partial charge is 0.262 e. The van der Waals surface area contributed by atoms with Gasteiger partial charge in [-0.2, -0.15) is 4.98 Å². The van der Waals surface area contributed by atoms with E-state index in [2.05, 4.69) is 30.8 Å². The van der Waals surface area contributed by atoms with Crippen LogP contribution in [0.1, 0.15) is 0 Å². The molecule has 3 aromatic carbocycles.